The first kappa shape index (κ1) is 12.5. The number of benzene rings is 1. The van der Waals surface area contributed by atoms with Gasteiger partial charge in [-0.3, -0.25) is 4.90 Å². The fourth-order valence-corrected chi connectivity index (χ4v) is 2.61. The van der Waals surface area contributed by atoms with E-state index < -0.39 is 0 Å². The summed E-state index contributed by atoms with van der Waals surface area (Å²) in [6, 6.07) is 7.27. The zero-order chi connectivity index (χ0) is 12.1. The molecular formula is C14H20FNO. The molecule has 0 aromatic heterocycles. The van der Waals surface area contributed by atoms with Crippen LogP contribution in [0.1, 0.15) is 24.8 Å². The van der Waals surface area contributed by atoms with Crippen LogP contribution in [0.2, 0.25) is 0 Å². The van der Waals surface area contributed by atoms with E-state index in [1.54, 1.807) is 0 Å². The lowest BCUT2D eigenvalue weighted by Gasteiger charge is -2.35. The molecule has 1 unspecified atom stereocenters. The van der Waals surface area contributed by atoms with Crippen molar-refractivity contribution in [3.8, 4) is 0 Å². The Morgan fingerprint density at radius 3 is 2.71 bits per heavy atom. The average molecular weight is 237 g/mol. The number of nitrogens with zero attached hydrogens (tertiary/aromatic N) is 1. The lowest BCUT2D eigenvalue weighted by atomic mass is 9.95. The second-order valence-corrected chi connectivity index (χ2v) is 4.74. The maximum absolute atomic E-state index is 12.8. The SMILES string of the molecule is OCCN1CCCCC1Cc1ccc(F)cc1. The summed E-state index contributed by atoms with van der Waals surface area (Å²) in [4.78, 5) is 2.35. The second kappa shape index (κ2) is 6.12. The number of aliphatic hydroxyl groups is 1. The van der Waals surface area contributed by atoms with Crippen LogP contribution in [0.15, 0.2) is 24.3 Å². The Morgan fingerprint density at radius 2 is 2.00 bits per heavy atom. The number of hydrogen-bond donors (Lipinski definition) is 1. The van der Waals surface area contributed by atoms with Crippen LogP contribution in [-0.4, -0.2) is 35.7 Å². The minimum Gasteiger partial charge on any atom is -0.395 e. The van der Waals surface area contributed by atoms with Crippen molar-refractivity contribution in [3.05, 3.63) is 35.6 Å². The molecule has 2 nitrogen and oxygen atoms in total. The molecule has 3 heteroatoms. The Kier molecular flexibility index (Phi) is 4.51. The van der Waals surface area contributed by atoms with Gasteiger partial charge in [-0.05, 0) is 43.5 Å². The van der Waals surface area contributed by atoms with Crippen molar-refractivity contribution in [1.82, 2.24) is 4.90 Å². The highest BCUT2D eigenvalue weighted by atomic mass is 19.1. The first-order valence-electron chi connectivity index (χ1n) is 6.39. The molecule has 0 bridgehead atoms. The third-order valence-corrected chi connectivity index (χ3v) is 3.52. The minimum absolute atomic E-state index is 0.176. The molecule has 0 amide bonds. The molecule has 1 heterocycles. The first-order chi connectivity index (χ1) is 8.29. The van der Waals surface area contributed by atoms with E-state index in [-0.39, 0.29) is 12.4 Å². The fourth-order valence-electron chi connectivity index (χ4n) is 2.61. The van der Waals surface area contributed by atoms with E-state index in [1.165, 1.54) is 37.0 Å². The zero-order valence-corrected chi connectivity index (χ0v) is 10.1. The van der Waals surface area contributed by atoms with Crippen LogP contribution in [0.3, 0.4) is 0 Å². The van der Waals surface area contributed by atoms with Crippen LogP contribution in [0.5, 0.6) is 0 Å². The summed E-state index contributed by atoms with van der Waals surface area (Å²) in [7, 11) is 0. The molecule has 1 aromatic carbocycles. The van der Waals surface area contributed by atoms with E-state index in [9.17, 15) is 4.39 Å². The first-order valence-corrected chi connectivity index (χ1v) is 6.39. The number of halogens is 1. The highest BCUT2D eigenvalue weighted by Crippen LogP contribution is 2.20. The van der Waals surface area contributed by atoms with Gasteiger partial charge in [0.25, 0.3) is 0 Å². The van der Waals surface area contributed by atoms with Crippen molar-refractivity contribution in [1.29, 1.82) is 0 Å². The van der Waals surface area contributed by atoms with Gasteiger partial charge in [0.1, 0.15) is 5.82 Å². The van der Waals surface area contributed by atoms with Crippen LogP contribution in [0, 0.1) is 5.82 Å². The van der Waals surface area contributed by atoms with Gasteiger partial charge in [0.2, 0.25) is 0 Å². The number of rotatable bonds is 4. The van der Waals surface area contributed by atoms with Crippen LogP contribution in [0.25, 0.3) is 0 Å². The molecule has 1 aromatic rings. The molecule has 2 rings (SSSR count). The van der Waals surface area contributed by atoms with Crippen LogP contribution >= 0.6 is 0 Å². The van der Waals surface area contributed by atoms with Crippen molar-refractivity contribution < 1.29 is 9.50 Å². The van der Waals surface area contributed by atoms with Crippen molar-refractivity contribution in [2.24, 2.45) is 0 Å². The van der Waals surface area contributed by atoms with E-state index >= 15 is 0 Å². The number of likely N-dealkylation sites (tertiary alicyclic amines) is 1. The summed E-state index contributed by atoms with van der Waals surface area (Å²) >= 11 is 0. The molecule has 0 spiro atoms. The highest BCUT2D eigenvalue weighted by molar-refractivity contribution is 5.17. The minimum atomic E-state index is -0.176. The summed E-state index contributed by atoms with van der Waals surface area (Å²) in [5.74, 6) is -0.176. The van der Waals surface area contributed by atoms with Gasteiger partial charge in [-0.1, -0.05) is 18.6 Å². The number of aliphatic hydroxyl groups excluding tert-OH is 1. The summed E-state index contributed by atoms with van der Waals surface area (Å²) in [6.45, 7) is 2.05. The Balaban J connectivity index is 1.97. The van der Waals surface area contributed by atoms with E-state index in [0.717, 1.165) is 19.5 Å². The topological polar surface area (TPSA) is 23.5 Å². The van der Waals surface area contributed by atoms with Gasteiger partial charge in [-0.25, -0.2) is 4.39 Å². The van der Waals surface area contributed by atoms with E-state index in [1.807, 2.05) is 12.1 Å². The normalized spacial score (nSPS) is 21.6. The number of hydrogen-bond acceptors (Lipinski definition) is 2. The van der Waals surface area contributed by atoms with Gasteiger partial charge < -0.3 is 5.11 Å². The fraction of sp³-hybridized carbons (Fsp3) is 0.571. The molecule has 17 heavy (non-hydrogen) atoms. The average Bonchev–Trinajstić information content (AvgIpc) is 2.35. The monoisotopic (exact) mass is 237 g/mol. The van der Waals surface area contributed by atoms with Crippen LogP contribution in [-0.2, 0) is 6.42 Å². The molecule has 1 atom stereocenters. The maximum atomic E-state index is 12.8. The lowest BCUT2D eigenvalue weighted by molar-refractivity contribution is 0.116. The van der Waals surface area contributed by atoms with Crippen molar-refractivity contribution in [2.75, 3.05) is 19.7 Å². The maximum Gasteiger partial charge on any atom is 0.123 e. The summed E-state index contributed by atoms with van der Waals surface area (Å²) in [5.41, 5.74) is 1.18. The molecule has 94 valence electrons. The predicted octanol–water partition coefficient (Wildman–Crippen LogP) is 2.21. The third-order valence-electron chi connectivity index (χ3n) is 3.52. The van der Waals surface area contributed by atoms with Gasteiger partial charge in [0.05, 0.1) is 6.61 Å². The van der Waals surface area contributed by atoms with Crippen molar-refractivity contribution >= 4 is 0 Å². The molecular weight excluding hydrogens is 217 g/mol. The Hall–Kier alpha value is -0.930. The van der Waals surface area contributed by atoms with Gasteiger partial charge in [0.15, 0.2) is 0 Å². The summed E-state index contributed by atoms with van der Waals surface area (Å²) in [5, 5.41) is 9.05. The van der Waals surface area contributed by atoms with Crippen LogP contribution in [0.4, 0.5) is 4.39 Å². The third kappa shape index (κ3) is 3.51. The van der Waals surface area contributed by atoms with Crippen molar-refractivity contribution in [2.45, 2.75) is 31.7 Å². The quantitative estimate of drug-likeness (QED) is 0.868. The lowest BCUT2D eigenvalue weighted by Crippen LogP contribution is -2.42. The molecule has 1 N–H and O–H groups in total. The molecule has 0 saturated carbocycles. The Morgan fingerprint density at radius 1 is 1.24 bits per heavy atom. The molecule has 1 aliphatic heterocycles. The molecule has 1 fully saturated rings. The zero-order valence-electron chi connectivity index (χ0n) is 10.1. The molecule has 1 saturated heterocycles. The summed E-state index contributed by atoms with van der Waals surface area (Å²) in [6.07, 6.45) is 4.62. The Bertz CT molecular complexity index is 337. The van der Waals surface area contributed by atoms with Gasteiger partial charge in [-0.2, -0.15) is 0 Å². The Labute approximate surface area is 102 Å². The molecule has 0 radical (unpaired) electrons. The van der Waals surface area contributed by atoms with Gasteiger partial charge in [0, 0.05) is 12.6 Å². The molecule has 0 aliphatic carbocycles. The summed E-state index contributed by atoms with van der Waals surface area (Å²) < 4.78 is 12.8. The van der Waals surface area contributed by atoms with E-state index in [2.05, 4.69) is 4.90 Å². The largest absolute Gasteiger partial charge is 0.395 e. The predicted molar refractivity (Wildman–Crippen MR) is 66.4 cm³/mol. The van der Waals surface area contributed by atoms with Crippen LogP contribution < -0.4 is 0 Å². The van der Waals surface area contributed by atoms with Crippen molar-refractivity contribution in [3.63, 3.8) is 0 Å². The second-order valence-electron chi connectivity index (χ2n) is 4.74. The van der Waals surface area contributed by atoms with Gasteiger partial charge >= 0.3 is 0 Å². The number of β-amino-alcohol motifs (C(OH)–C–C–N with tert-alkyl or cyclic N) is 1. The number of piperidine rings is 1. The molecule has 1 aliphatic rings. The standard InChI is InChI=1S/C14H20FNO/c15-13-6-4-12(5-7-13)11-14-3-1-2-8-16(14)9-10-17/h4-7,14,17H,1-3,8-11H2. The smallest absolute Gasteiger partial charge is 0.123 e. The van der Waals surface area contributed by atoms with E-state index in [4.69, 9.17) is 5.11 Å². The van der Waals surface area contributed by atoms with E-state index in [0.29, 0.717) is 6.04 Å². The highest BCUT2D eigenvalue weighted by Gasteiger charge is 2.21. The van der Waals surface area contributed by atoms with Gasteiger partial charge in [-0.15, -0.1) is 0 Å².